The van der Waals surface area contributed by atoms with Crippen LogP contribution in [0.5, 0.6) is 5.75 Å². The maximum absolute atomic E-state index is 13.0. The van der Waals surface area contributed by atoms with Gasteiger partial charge in [-0.25, -0.2) is 4.79 Å². The van der Waals surface area contributed by atoms with Crippen molar-refractivity contribution in [3.63, 3.8) is 0 Å². The van der Waals surface area contributed by atoms with Crippen LogP contribution in [-0.2, 0) is 11.4 Å². The lowest BCUT2D eigenvalue weighted by atomic mass is 10.0. The Labute approximate surface area is 209 Å². The van der Waals surface area contributed by atoms with Crippen LogP contribution in [0.2, 0.25) is 0 Å². The van der Waals surface area contributed by atoms with E-state index >= 15 is 0 Å². The lowest BCUT2D eigenvalue weighted by molar-refractivity contribution is -0.117. The number of ether oxygens (including phenoxy) is 1. The summed E-state index contributed by atoms with van der Waals surface area (Å²) < 4.78 is 6.07. The number of rotatable bonds is 8. The van der Waals surface area contributed by atoms with Crippen LogP contribution in [0.4, 0.5) is 0 Å². The van der Waals surface area contributed by atoms with Crippen molar-refractivity contribution in [3.8, 4) is 11.8 Å². The van der Waals surface area contributed by atoms with Gasteiger partial charge in [-0.05, 0) is 53.1 Å². The van der Waals surface area contributed by atoms with Crippen molar-refractivity contribution in [1.29, 1.82) is 5.26 Å². The van der Waals surface area contributed by atoms with Crippen LogP contribution >= 0.6 is 0 Å². The summed E-state index contributed by atoms with van der Waals surface area (Å²) in [5, 5.41) is 23.6. The number of carbonyl (C=O) groups excluding carboxylic acids is 1. The Balaban J connectivity index is 1.64. The van der Waals surface area contributed by atoms with Crippen LogP contribution < -0.4 is 10.1 Å². The van der Waals surface area contributed by atoms with E-state index in [1.807, 2.05) is 73.7 Å². The van der Waals surface area contributed by atoms with Crippen molar-refractivity contribution in [1.82, 2.24) is 5.32 Å². The Kier molecular flexibility index (Phi) is 7.42. The van der Waals surface area contributed by atoms with Crippen molar-refractivity contribution in [2.75, 3.05) is 0 Å². The molecule has 0 spiro atoms. The van der Waals surface area contributed by atoms with Crippen molar-refractivity contribution in [2.45, 2.75) is 19.6 Å². The minimum Gasteiger partial charge on any atom is -0.488 e. The molecule has 1 atom stereocenters. The quantitative estimate of drug-likeness (QED) is 0.244. The fourth-order valence-corrected chi connectivity index (χ4v) is 3.85. The normalized spacial score (nSPS) is 11.9. The minimum atomic E-state index is -0.992. The summed E-state index contributed by atoms with van der Waals surface area (Å²) in [6.07, 6.45) is 1.55. The molecule has 1 amide bonds. The average molecular weight is 477 g/mol. The van der Waals surface area contributed by atoms with Crippen molar-refractivity contribution < 1.29 is 19.4 Å². The molecule has 4 aromatic rings. The van der Waals surface area contributed by atoms with Gasteiger partial charge in [-0.1, -0.05) is 72.8 Å². The molecule has 6 nitrogen and oxygen atoms in total. The number of nitriles is 1. The maximum Gasteiger partial charge on any atom is 0.335 e. The summed E-state index contributed by atoms with van der Waals surface area (Å²) >= 11 is 0. The second kappa shape index (κ2) is 11.0. The summed E-state index contributed by atoms with van der Waals surface area (Å²) in [5.41, 5.74) is 2.51. The zero-order chi connectivity index (χ0) is 25.5. The van der Waals surface area contributed by atoms with Gasteiger partial charge < -0.3 is 15.2 Å². The first-order valence-corrected chi connectivity index (χ1v) is 11.4. The predicted molar refractivity (Wildman–Crippen MR) is 138 cm³/mol. The molecule has 0 radical (unpaired) electrons. The van der Waals surface area contributed by atoms with Gasteiger partial charge in [-0.3, -0.25) is 4.79 Å². The van der Waals surface area contributed by atoms with E-state index in [1.54, 1.807) is 24.3 Å². The number of carbonyl (C=O) groups is 2. The molecule has 0 fully saturated rings. The number of fused-ring (bicyclic) bond motifs is 1. The number of aromatic carboxylic acids is 1. The van der Waals surface area contributed by atoms with Gasteiger partial charge >= 0.3 is 5.97 Å². The van der Waals surface area contributed by atoms with Crippen molar-refractivity contribution >= 4 is 28.7 Å². The monoisotopic (exact) mass is 476 g/mol. The third-order valence-electron chi connectivity index (χ3n) is 5.83. The lowest BCUT2D eigenvalue weighted by Gasteiger charge is -2.15. The molecule has 0 aliphatic rings. The topological polar surface area (TPSA) is 99.4 Å². The number of carboxylic acid groups (broad SMARTS) is 1. The number of amides is 1. The molecule has 0 aromatic heterocycles. The van der Waals surface area contributed by atoms with Gasteiger partial charge in [0.1, 0.15) is 24.0 Å². The third kappa shape index (κ3) is 5.60. The summed E-state index contributed by atoms with van der Waals surface area (Å²) in [7, 11) is 0. The first-order chi connectivity index (χ1) is 17.5. The molecule has 36 heavy (non-hydrogen) atoms. The van der Waals surface area contributed by atoms with Crippen molar-refractivity contribution in [2.24, 2.45) is 0 Å². The van der Waals surface area contributed by atoms with E-state index in [2.05, 4.69) is 5.32 Å². The molecule has 4 aromatic carbocycles. The van der Waals surface area contributed by atoms with Crippen LogP contribution in [0.15, 0.2) is 96.6 Å². The van der Waals surface area contributed by atoms with Crippen LogP contribution in [0.3, 0.4) is 0 Å². The van der Waals surface area contributed by atoms with E-state index in [0.717, 1.165) is 21.9 Å². The number of hydrogen-bond donors (Lipinski definition) is 2. The highest BCUT2D eigenvalue weighted by Crippen LogP contribution is 2.31. The summed E-state index contributed by atoms with van der Waals surface area (Å²) in [4.78, 5) is 24.1. The Morgan fingerprint density at radius 1 is 0.972 bits per heavy atom. The zero-order valence-corrected chi connectivity index (χ0v) is 19.6. The first kappa shape index (κ1) is 24.2. The molecule has 6 heteroatoms. The minimum absolute atomic E-state index is 0.0372. The van der Waals surface area contributed by atoms with Gasteiger partial charge in [0.2, 0.25) is 0 Å². The smallest absolute Gasteiger partial charge is 0.335 e. The van der Waals surface area contributed by atoms with E-state index in [0.29, 0.717) is 11.3 Å². The molecule has 0 bridgehead atoms. The number of benzene rings is 4. The largest absolute Gasteiger partial charge is 0.488 e. The first-order valence-electron chi connectivity index (χ1n) is 11.4. The Hall–Kier alpha value is -4.89. The number of nitrogens with one attached hydrogen (secondary N) is 1. The zero-order valence-electron chi connectivity index (χ0n) is 19.6. The lowest BCUT2D eigenvalue weighted by Crippen LogP contribution is -2.27. The van der Waals surface area contributed by atoms with Gasteiger partial charge in [0, 0.05) is 5.56 Å². The molecule has 0 aliphatic carbocycles. The van der Waals surface area contributed by atoms with Gasteiger partial charge in [-0.2, -0.15) is 5.26 Å². The highest BCUT2D eigenvalue weighted by Gasteiger charge is 2.16. The van der Waals surface area contributed by atoms with Crippen molar-refractivity contribution in [3.05, 3.63) is 119 Å². The van der Waals surface area contributed by atoms with Crippen LogP contribution in [0.1, 0.15) is 40.0 Å². The Morgan fingerprint density at radius 2 is 1.67 bits per heavy atom. The maximum atomic E-state index is 13.0. The van der Waals surface area contributed by atoms with Gasteiger partial charge in [-0.15, -0.1) is 0 Å². The van der Waals surface area contributed by atoms with Gasteiger partial charge in [0.05, 0.1) is 11.6 Å². The fourth-order valence-electron chi connectivity index (χ4n) is 3.85. The predicted octanol–water partition coefficient (Wildman–Crippen LogP) is 5.90. The second-order valence-corrected chi connectivity index (χ2v) is 8.26. The SMILES string of the molecule is C[C@@H](NC(=O)/C(C#N)=C\c1c(OCc2ccc(C(=O)O)cc2)ccc2ccccc12)c1ccccc1. The standard InChI is InChI=1S/C30H24N2O4/c1-20(22-7-3-2-4-8-22)32-29(33)25(18-31)17-27-26-10-6-5-9-23(26)15-16-28(27)36-19-21-11-13-24(14-12-21)30(34)35/h2-17,20H,19H2,1H3,(H,32,33)(H,34,35)/b25-17-/t20-/m1/s1. The summed E-state index contributed by atoms with van der Waals surface area (Å²) in [6.45, 7) is 2.06. The Bertz CT molecular complexity index is 1470. The number of carboxylic acids is 1. The van der Waals surface area contributed by atoms with E-state index in [9.17, 15) is 14.9 Å². The molecule has 0 aliphatic heterocycles. The molecule has 0 saturated carbocycles. The molecule has 2 N–H and O–H groups in total. The van der Waals surface area contributed by atoms with Gasteiger partial charge in [0.25, 0.3) is 5.91 Å². The molecule has 0 heterocycles. The van der Waals surface area contributed by atoms with Crippen LogP contribution in [0.25, 0.3) is 16.8 Å². The third-order valence-corrected chi connectivity index (χ3v) is 5.83. The highest BCUT2D eigenvalue weighted by atomic mass is 16.5. The second-order valence-electron chi connectivity index (χ2n) is 8.26. The average Bonchev–Trinajstić information content (AvgIpc) is 2.91. The number of hydrogen-bond acceptors (Lipinski definition) is 4. The summed E-state index contributed by atoms with van der Waals surface area (Å²) in [6, 6.07) is 29.1. The molecule has 0 unspecified atom stereocenters. The Morgan fingerprint density at radius 3 is 2.36 bits per heavy atom. The molecule has 0 saturated heterocycles. The molecular weight excluding hydrogens is 452 g/mol. The van der Waals surface area contributed by atoms with Crippen LogP contribution in [0, 0.1) is 11.3 Å². The van der Waals surface area contributed by atoms with E-state index < -0.39 is 11.9 Å². The molecule has 178 valence electrons. The van der Waals surface area contributed by atoms with E-state index in [-0.39, 0.29) is 23.8 Å². The van der Waals surface area contributed by atoms with Gasteiger partial charge in [0.15, 0.2) is 0 Å². The molecular formula is C30H24N2O4. The van der Waals surface area contributed by atoms with E-state index in [1.165, 1.54) is 12.1 Å². The number of nitrogens with zero attached hydrogens (tertiary/aromatic N) is 1. The summed E-state index contributed by atoms with van der Waals surface area (Å²) in [5.74, 6) is -0.960. The van der Waals surface area contributed by atoms with Crippen LogP contribution in [-0.4, -0.2) is 17.0 Å². The highest BCUT2D eigenvalue weighted by molar-refractivity contribution is 6.05. The fraction of sp³-hybridized carbons (Fsp3) is 0.100. The molecule has 4 rings (SSSR count). The van der Waals surface area contributed by atoms with E-state index in [4.69, 9.17) is 9.84 Å².